The standard InChI is InChI=1S/C9H11BrN4/c1-11-3-2-7-4-13-9-8(10)5-12-6-14(7)9/h4-6,11H,2-3H2,1H3. The number of fused-ring (bicyclic) bond motifs is 1. The van der Waals surface area contributed by atoms with Crippen LogP contribution in [0.3, 0.4) is 0 Å². The third kappa shape index (κ3) is 1.65. The van der Waals surface area contributed by atoms with E-state index in [1.807, 2.05) is 17.6 Å². The topological polar surface area (TPSA) is 42.2 Å². The van der Waals surface area contributed by atoms with Crippen molar-refractivity contribution in [3.63, 3.8) is 0 Å². The van der Waals surface area contributed by atoms with Gasteiger partial charge in [-0.25, -0.2) is 9.97 Å². The van der Waals surface area contributed by atoms with Crippen molar-refractivity contribution in [2.24, 2.45) is 0 Å². The maximum absolute atomic E-state index is 4.32. The van der Waals surface area contributed by atoms with E-state index in [-0.39, 0.29) is 0 Å². The number of aromatic nitrogens is 3. The molecule has 14 heavy (non-hydrogen) atoms. The molecule has 4 nitrogen and oxygen atoms in total. The second-order valence-electron chi connectivity index (χ2n) is 3.04. The minimum Gasteiger partial charge on any atom is -0.319 e. The van der Waals surface area contributed by atoms with Crippen LogP contribution in [0.1, 0.15) is 5.69 Å². The lowest BCUT2D eigenvalue weighted by Crippen LogP contribution is -2.11. The fraction of sp³-hybridized carbons (Fsp3) is 0.333. The molecule has 0 unspecified atom stereocenters. The van der Waals surface area contributed by atoms with Crippen molar-refractivity contribution >= 4 is 21.6 Å². The lowest BCUT2D eigenvalue weighted by Gasteiger charge is -2.00. The fourth-order valence-electron chi connectivity index (χ4n) is 1.36. The molecule has 1 N–H and O–H groups in total. The third-order valence-electron chi connectivity index (χ3n) is 2.09. The summed E-state index contributed by atoms with van der Waals surface area (Å²) >= 11 is 3.42. The third-order valence-corrected chi connectivity index (χ3v) is 2.65. The summed E-state index contributed by atoms with van der Waals surface area (Å²) in [4.78, 5) is 8.43. The van der Waals surface area contributed by atoms with Crippen LogP contribution < -0.4 is 5.32 Å². The summed E-state index contributed by atoms with van der Waals surface area (Å²) in [6.07, 6.45) is 6.39. The Labute approximate surface area is 90.5 Å². The second kappa shape index (κ2) is 4.06. The molecule has 0 fully saturated rings. The van der Waals surface area contributed by atoms with Gasteiger partial charge in [0.2, 0.25) is 0 Å². The van der Waals surface area contributed by atoms with E-state index in [9.17, 15) is 0 Å². The monoisotopic (exact) mass is 254 g/mol. The van der Waals surface area contributed by atoms with Crippen LogP contribution in [0.4, 0.5) is 0 Å². The Morgan fingerprint density at radius 1 is 1.50 bits per heavy atom. The first-order valence-electron chi connectivity index (χ1n) is 4.43. The molecular weight excluding hydrogens is 244 g/mol. The highest BCUT2D eigenvalue weighted by atomic mass is 79.9. The smallest absolute Gasteiger partial charge is 0.154 e. The first kappa shape index (κ1) is 9.61. The number of hydrogen-bond donors (Lipinski definition) is 1. The van der Waals surface area contributed by atoms with Gasteiger partial charge in [-0.3, -0.25) is 4.40 Å². The molecule has 0 saturated carbocycles. The summed E-state index contributed by atoms with van der Waals surface area (Å²) in [7, 11) is 1.94. The number of halogens is 1. The van der Waals surface area contributed by atoms with Gasteiger partial charge in [0, 0.05) is 31.1 Å². The maximum Gasteiger partial charge on any atom is 0.154 e. The SMILES string of the molecule is CNCCc1cnc2c(Br)cncn12. The Morgan fingerprint density at radius 2 is 2.36 bits per heavy atom. The van der Waals surface area contributed by atoms with Crippen LogP contribution in [-0.2, 0) is 6.42 Å². The summed E-state index contributed by atoms with van der Waals surface area (Å²) in [5, 5.41) is 3.11. The summed E-state index contributed by atoms with van der Waals surface area (Å²) in [6.45, 7) is 0.945. The molecule has 0 amide bonds. The molecular formula is C9H11BrN4. The number of rotatable bonds is 3. The van der Waals surface area contributed by atoms with E-state index in [2.05, 4.69) is 31.2 Å². The molecule has 74 valence electrons. The number of nitrogens with zero attached hydrogens (tertiary/aromatic N) is 3. The van der Waals surface area contributed by atoms with Gasteiger partial charge in [-0.1, -0.05) is 0 Å². The number of imidazole rings is 1. The summed E-state index contributed by atoms with van der Waals surface area (Å²) in [5.74, 6) is 0. The van der Waals surface area contributed by atoms with Crippen LogP contribution in [0.25, 0.3) is 5.65 Å². The molecule has 2 heterocycles. The zero-order valence-electron chi connectivity index (χ0n) is 7.87. The molecule has 0 aliphatic rings. The highest BCUT2D eigenvalue weighted by Crippen LogP contribution is 2.16. The number of likely N-dealkylation sites (N-methyl/N-ethyl adjacent to an activating group) is 1. The number of hydrogen-bond acceptors (Lipinski definition) is 3. The normalized spacial score (nSPS) is 11.0. The van der Waals surface area contributed by atoms with Gasteiger partial charge in [0.05, 0.1) is 4.47 Å². The maximum atomic E-state index is 4.32. The molecule has 0 saturated heterocycles. The number of nitrogens with one attached hydrogen (secondary N) is 1. The Bertz CT molecular complexity index is 437. The molecule has 0 aliphatic carbocycles. The zero-order chi connectivity index (χ0) is 9.97. The highest BCUT2D eigenvalue weighted by molar-refractivity contribution is 9.10. The Balaban J connectivity index is 2.42. The molecule has 0 spiro atoms. The van der Waals surface area contributed by atoms with Crippen molar-refractivity contribution in [2.75, 3.05) is 13.6 Å². The highest BCUT2D eigenvalue weighted by Gasteiger charge is 2.04. The summed E-state index contributed by atoms with van der Waals surface area (Å²) < 4.78 is 2.93. The van der Waals surface area contributed by atoms with Crippen molar-refractivity contribution in [3.05, 3.63) is 28.9 Å². The Morgan fingerprint density at radius 3 is 3.14 bits per heavy atom. The summed E-state index contributed by atoms with van der Waals surface area (Å²) in [6, 6.07) is 0. The fourth-order valence-corrected chi connectivity index (χ4v) is 1.77. The van der Waals surface area contributed by atoms with Crippen LogP contribution in [-0.4, -0.2) is 28.0 Å². The van der Waals surface area contributed by atoms with Crippen molar-refractivity contribution in [1.82, 2.24) is 19.7 Å². The van der Waals surface area contributed by atoms with Gasteiger partial charge < -0.3 is 5.32 Å². The average molecular weight is 255 g/mol. The van der Waals surface area contributed by atoms with E-state index in [1.54, 1.807) is 12.5 Å². The van der Waals surface area contributed by atoms with E-state index < -0.39 is 0 Å². The Hall–Kier alpha value is -0.940. The zero-order valence-corrected chi connectivity index (χ0v) is 9.45. The largest absolute Gasteiger partial charge is 0.319 e. The van der Waals surface area contributed by atoms with Crippen LogP contribution in [0, 0.1) is 0 Å². The van der Waals surface area contributed by atoms with Gasteiger partial charge in [0.25, 0.3) is 0 Å². The van der Waals surface area contributed by atoms with E-state index >= 15 is 0 Å². The van der Waals surface area contributed by atoms with Gasteiger partial charge in [-0.15, -0.1) is 0 Å². The molecule has 2 aromatic heterocycles. The van der Waals surface area contributed by atoms with Crippen molar-refractivity contribution in [3.8, 4) is 0 Å². The van der Waals surface area contributed by atoms with Gasteiger partial charge in [-0.05, 0) is 23.0 Å². The van der Waals surface area contributed by atoms with Crippen molar-refractivity contribution in [2.45, 2.75) is 6.42 Å². The predicted molar refractivity (Wildman–Crippen MR) is 58.3 cm³/mol. The minimum atomic E-state index is 0.922. The van der Waals surface area contributed by atoms with Gasteiger partial charge in [0.15, 0.2) is 5.65 Å². The van der Waals surface area contributed by atoms with Crippen LogP contribution in [0.15, 0.2) is 23.2 Å². The quantitative estimate of drug-likeness (QED) is 0.897. The van der Waals surface area contributed by atoms with Crippen LogP contribution in [0.5, 0.6) is 0 Å². The van der Waals surface area contributed by atoms with Crippen molar-refractivity contribution < 1.29 is 0 Å². The molecule has 0 atom stereocenters. The molecule has 0 aromatic carbocycles. The van der Waals surface area contributed by atoms with E-state index in [4.69, 9.17) is 0 Å². The van der Waals surface area contributed by atoms with E-state index in [0.717, 1.165) is 23.1 Å². The predicted octanol–water partition coefficient (Wildman–Crippen LogP) is 1.25. The minimum absolute atomic E-state index is 0.922. The average Bonchev–Trinajstić information content (AvgIpc) is 2.60. The van der Waals surface area contributed by atoms with Gasteiger partial charge in [-0.2, -0.15) is 0 Å². The molecule has 0 aliphatic heterocycles. The molecule has 5 heteroatoms. The molecule has 0 bridgehead atoms. The molecule has 0 radical (unpaired) electrons. The first-order valence-corrected chi connectivity index (χ1v) is 5.22. The Kier molecular flexibility index (Phi) is 2.79. The van der Waals surface area contributed by atoms with Crippen molar-refractivity contribution in [1.29, 1.82) is 0 Å². The first-order chi connectivity index (χ1) is 6.83. The van der Waals surface area contributed by atoms with Gasteiger partial charge >= 0.3 is 0 Å². The second-order valence-corrected chi connectivity index (χ2v) is 3.89. The van der Waals surface area contributed by atoms with Crippen LogP contribution in [0.2, 0.25) is 0 Å². The van der Waals surface area contributed by atoms with Gasteiger partial charge in [0.1, 0.15) is 6.33 Å². The molecule has 2 aromatic rings. The molecule has 2 rings (SSSR count). The van der Waals surface area contributed by atoms with E-state index in [0.29, 0.717) is 0 Å². The van der Waals surface area contributed by atoms with E-state index in [1.165, 1.54) is 5.69 Å². The lowest BCUT2D eigenvalue weighted by molar-refractivity contribution is 0.768. The lowest BCUT2D eigenvalue weighted by atomic mass is 10.3. The summed E-state index contributed by atoms with van der Waals surface area (Å²) in [5.41, 5.74) is 2.09. The van der Waals surface area contributed by atoms with Crippen LogP contribution >= 0.6 is 15.9 Å².